The first-order valence-electron chi connectivity index (χ1n) is 8.49. The summed E-state index contributed by atoms with van der Waals surface area (Å²) in [5, 5.41) is 9.20. The lowest BCUT2D eigenvalue weighted by Gasteiger charge is -2.22. The Kier molecular flexibility index (Phi) is 5.29. The lowest BCUT2D eigenvalue weighted by atomic mass is 10.1. The molecule has 1 fully saturated rings. The van der Waals surface area contributed by atoms with Gasteiger partial charge in [0.2, 0.25) is 10.0 Å². The second kappa shape index (κ2) is 7.50. The van der Waals surface area contributed by atoms with Crippen LogP contribution >= 0.6 is 0 Å². The van der Waals surface area contributed by atoms with E-state index < -0.39 is 28.4 Å². The minimum atomic E-state index is -3.72. The lowest BCUT2D eigenvalue weighted by molar-refractivity contribution is -0.135. The molecule has 0 bridgehead atoms. The van der Waals surface area contributed by atoms with Crippen LogP contribution in [0, 0.1) is 6.92 Å². The Morgan fingerprint density at radius 2 is 1.81 bits per heavy atom. The standard InChI is InChI=1S/C19H20N2O5S/c1-13-7-10-16(27(25,26)20-14-8-9-14)11-17(13)19(24)21(12-18(22)23)15-5-3-2-4-6-15/h2-7,10-11,14,20H,8-9,12H2,1H3,(H,22,23). The Balaban J connectivity index is 1.98. The molecule has 0 aromatic heterocycles. The fourth-order valence-electron chi connectivity index (χ4n) is 2.66. The summed E-state index contributed by atoms with van der Waals surface area (Å²) in [7, 11) is -3.72. The van der Waals surface area contributed by atoms with Gasteiger partial charge in [-0.15, -0.1) is 0 Å². The number of amides is 1. The summed E-state index contributed by atoms with van der Waals surface area (Å²) in [4.78, 5) is 25.4. The van der Waals surface area contributed by atoms with Gasteiger partial charge in [-0.05, 0) is 49.6 Å². The third-order valence-corrected chi connectivity index (χ3v) is 5.77. The van der Waals surface area contributed by atoms with E-state index in [0.717, 1.165) is 17.7 Å². The SMILES string of the molecule is Cc1ccc(S(=O)(=O)NC2CC2)cc1C(=O)N(CC(=O)O)c1ccccc1. The fraction of sp³-hybridized carbons (Fsp3) is 0.263. The molecule has 0 spiro atoms. The van der Waals surface area contributed by atoms with Gasteiger partial charge >= 0.3 is 5.97 Å². The van der Waals surface area contributed by atoms with Gasteiger partial charge in [0.1, 0.15) is 6.54 Å². The second-order valence-electron chi connectivity index (χ2n) is 6.49. The van der Waals surface area contributed by atoms with Crippen LogP contribution < -0.4 is 9.62 Å². The van der Waals surface area contributed by atoms with Crippen molar-refractivity contribution in [3.05, 3.63) is 59.7 Å². The fourth-order valence-corrected chi connectivity index (χ4v) is 3.99. The predicted octanol–water partition coefficient (Wildman–Crippen LogP) is 2.17. The summed E-state index contributed by atoms with van der Waals surface area (Å²) in [6.07, 6.45) is 1.61. The average molecular weight is 388 g/mol. The number of nitrogens with one attached hydrogen (secondary N) is 1. The van der Waals surface area contributed by atoms with Crippen LogP contribution in [0.1, 0.15) is 28.8 Å². The van der Waals surface area contributed by atoms with Crippen molar-refractivity contribution in [2.24, 2.45) is 0 Å². The molecule has 2 aromatic carbocycles. The highest BCUT2D eigenvalue weighted by Crippen LogP contribution is 2.25. The molecule has 0 atom stereocenters. The van der Waals surface area contributed by atoms with Crippen molar-refractivity contribution in [1.82, 2.24) is 4.72 Å². The highest BCUT2D eigenvalue weighted by Gasteiger charge is 2.29. The van der Waals surface area contributed by atoms with Gasteiger partial charge < -0.3 is 5.11 Å². The van der Waals surface area contributed by atoms with Crippen LogP contribution in [0.25, 0.3) is 0 Å². The molecule has 8 heteroatoms. The van der Waals surface area contributed by atoms with Crippen LogP contribution in [0.3, 0.4) is 0 Å². The maximum absolute atomic E-state index is 13.1. The Labute approximate surface area is 157 Å². The van der Waals surface area contributed by atoms with Crippen molar-refractivity contribution in [2.45, 2.75) is 30.7 Å². The van der Waals surface area contributed by atoms with Crippen molar-refractivity contribution >= 4 is 27.6 Å². The van der Waals surface area contributed by atoms with Gasteiger partial charge in [0.25, 0.3) is 5.91 Å². The van der Waals surface area contributed by atoms with Gasteiger partial charge in [-0.1, -0.05) is 24.3 Å². The Morgan fingerprint density at radius 3 is 2.41 bits per heavy atom. The third kappa shape index (κ3) is 4.53. The zero-order chi connectivity index (χ0) is 19.6. The molecule has 1 amide bonds. The normalized spacial score (nSPS) is 14.0. The average Bonchev–Trinajstić information content (AvgIpc) is 3.43. The summed E-state index contributed by atoms with van der Waals surface area (Å²) >= 11 is 0. The van der Waals surface area contributed by atoms with Crippen molar-refractivity contribution in [3.8, 4) is 0 Å². The van der Waals surface area contributed by atoms with Crippen molar-refractivity contribution in [3.63, 3.8) is 0 Å². The van der Waals surface area contributed by atoms with E-state index in [4.69, 9.17) is 0 Å². The van der Waals surface area contributed by atoms with E-state index in [0.29, 0.717) is 11.3 Å². The smallest absolute Gasteiger partial charge is 0.323 e. The van der Waals surface area contributed by atoms with Crippen molar-refractivity contribution < 1.29 is 23.1 Å². The van der Waals surface area contributed by atoms with Gasteiger partial charge in [-0.3, -0.25) is 14.5 Å². The molecule has 0 radical (unpaired) electrons. The molecule has 3 rings (SSSR count). The molecule has 2 aromatic rings. The minimum Gasteiger partial charge on any atom is -0.480 e. The summed E-state index contributed by atoms with van der Waals surface area (Å²) < 4.78 is 27.5. The maximum atomic E-state index is 13.1. The molecular weight excluding hydrogens is 368 g/mol. The zero-order valence-corrected chi connectivity index (χ0v) is 15.6. The number of carbonyl (C=O) groups excluding carboxylic acids is 1. The summed E-state index contributed by atoms with van der Waals surface area (Å²) in [6, 6.07) is 12.7. The molecule has 0 aliphatic heterocycles. The molecular formula is C19H20N2O5S. The van der Waals surface area contributed by atoms with E-state index in [9.17, 15) is 23.1 Å². The topological polar surface area (TPSA) is 104 Å². The minimum absolute atomic E-state index is 0.00770. The number of benzene rings is 2. The quantitative estimate of drug-likeness (QED) is 0.756. The molecule has 1 aliphatic carbocycles. The van der Waals surface area contributed by atoms with Gasteiger partial charge in [-0.25, -0.2) is 13.1 Å². The molecule has 7 nitrogen and oxygen atoms in total. The van der Waals surface area contributed by atoms with Crippen LogP contribution in [-0.4, -0.2) is 38.0 Å². The first-order chi connectivity index (χ1) is 12.8. The van der Waals surface area contributed by atoms with Crippen LogP contribution in [0.2, 0.25) is 0 Å². The Morgan fingerprint density at radius 1 is 1.15 bits per heavy atom. The molecule has 27 heavy (non-hydrogen) atoms. The number of rotatable bonds is 7. The summed E-state index contributed by atoms with van der Waals surface area (Å²) in [6.45, 7) is 1.15. The first kappa shape index (κ1) is 19.1. The summed E-state index contributed by atoms with van der Waals surface area (Å²) in [5.41, 5.74) is 1.14. The monoisotopic (exact) mass is 388 g/mol. The van der Waals surface area contributed by atoms with Gasteiger partial charge in [0.05, 0.1) is 4.90 Å². The molecule has 0 saturated heterocycles. The van der Waals surface area contributed by atoms with Crippen LogP contribution in [0.5, 0.6) is 0 Å². The van der Waals surface area contributed by atoms with Crippen LogP contribution in [0.15, 0.2) is 53.4 Å². The van der Waals surface area contributed by atoms with Crippen molar-refractivity contribution in [1.29, 1.82) is 0 Å². The number of hydrogen-bond acceptors (Lipinski definition) is 4. The Bertz CT molecular complexity index is 969. The van der Waals surface area contributed by atoms with Gasteiger partial charge in [-0.2, -0.15) is 0 Å². The molecule has 1 saturated carbocycles. The number of carboxylic acid groups (broad SMARTS) is 1. The Hall–Kier alpha value is -2.71. The first-order valence-corrected chi connectivity index (χ1v) is 9.98. The molecule has 0 heterocycles. The van der Waals surface area contributed by atoms with Gasteiger partial charge in [0, 0.05) is 17.3 Å². The lowest BCUT2D eigenvalue weighted by Crippen LogP contribution is -2.36. The number of sulfonamides is 1. The number of hydrogen-bond donors (Lipinski definition) is 2. The molecule has 142 valence electrons. The van der Waals surface area contributed by atoms with E-state index in [2.05, 4.69) is 4.72 Å². The largest absolute Gasteiger partial charge is 0.480 e. The molecule has 2 N–H and O–H groups in total. The van der Waals surface area contributed by atoms with Crippen LogP contribution in [-0.2, 0) is 14.8 Å². The maximum Gasteiger partial charge on any atom is 0.323 e. The number of aliphatic carboxylic acids is 1. The zero-order valence-electron chi connectivity index (χ0n) is 14.8. The second-order valence-corrected chi connectivity index (χ2v) is 8.21. The number of para-hydroxylation sites is 1. The van der Waals surface area contributed by atoms with Gasteiger partial charge in [0.15, 0.2) is 0 Å². The predicted molar refractivity (Wildman–Crippen MR) is 100 cm³/mol. The highest BCUT2D eigenvalue weighted by molar-refractivity contribution is 7.89. The molecule has 1 aliphatic rings. The third-order valence-electron chi connectivity index (χ3n) is 4.26. The number of aryl methyl sites for hydroxylation is 1. The van der Waals surface area contributed by atoms with E-state index in [1.807, 2.05) is 0 Å². The van der Waals surface area contributed by atoms with E-state index in [1.54, 1.807) is 43.3 Å². The number of nitrogens with zero attached hydrogens (tertiary/aromatic N) is 1. The highest BCUT2D eigenvalue weighted by atomic mass is 32.2. The summed E-state index contributed by atoms with van der Waals surface area (Å²) in [5.74, 6) is -1.73. The van der Waals surface area contributed by atoms with E-state index >= 15 is 0 Å². The number of carbonyl (C=O) groups is 2. The van der Waals surface area contributed by atoms with E-state index in [-0.39, 0.29) is 16.5 Å². The van der Waals surface area contributed by atoms with Crippen molar-refractivity contribution in [2.75, 3.05) is 11.4 Å². The van der Waals surface area contributed by atoms with E-state index in [1.165, 1.54) is 12.1 Å². The van der Waals surface area contributed by atoms with Crippen LogP contribution in [0.4, 0.5) is 5.69 Å². The molecule has 0 unspecified atom stereocenters. The number of anilines is 1. The number of carboxylic acids is 1.